The summed E-state index contributed by atoms with van der Waals surface area (Å²) in [6, 6.07) is 17.0. The largest absolute Gasteiger partial charge is 0.496 e. The summed E-state index contributed by atoms with van der Waals surface area (Å²) in [4.78, 5) is 24.9. The number of halogens is 4. The van der Waals surface area contributed by atoms with E-state index < -0.39 is 17.6 Å². The molecule has 0 radical (unpaired) electrons. The lowest BCUT2D eigenvalue weighted by Gasteiger charge is -2.19. The second-order valence-electron chi connectivity index (χ2n) is 15.1. The van der Waals surface area contributed by atoms with Gasteiger partial charge in [0.05, 0.1) is 25.5 Å². The van der Waals surface area contributed by atoms with Crippen molar-refractivity contribution in [1.82, 2.24) is 0 Å². The van der Waals surface area contributed by atoms with Crippen molar-refractivity contribution in [1.29, 1.82) is 0 Å². The van der Waals surface area contributed by atoms with Crippen LogP contribution in [-0.2, 0) is 15.8 Å². The zero-order valence-electron chi connectivity index (χ0n) is 32.9. The molecule has 0 unspecified atom stereocenters. The fourth-order valence-electron chi connectivity index (χ4n) is 6.91. The second kappa shape index (κ2) is 16.4. The molecule has 55 heavy (non-hydrogen) atoms. The molecule has 0 saturated carbocycles. The average molecular weight is 773 g/mol. The third kappa shape index (κ3) is 8.78. The van der Waals surface area contributed by atoms with E-state index in [0.29, 0.717) is 33.6 Å². The summed E-state index contributed by atoms with van der Waals surface area (Å²) < 4.78 is 50.2. The number of amides is 2. The number of fused-ring (bicyclic) bond motifs is 2. The Labute approximate surface area is 326 Å². The summed E-state index contributed by atoms with van der Waals surface area (Å²) >= 11 is 6.04. The molecule has 6 nitrogen and oxygen atoms in total. The molecule has 2 aliphatic heterocycles. The first-order valence-electron chi connectivity index (χ1n) is 18.4. The van der Waals surface area contributed by atoms with Crippen LogP contribution in [-0.4, -0.2) is 26.0 Å². The Morgan fingerprint density at radius 1 is 0.582 bits per heavy atom. The highest BCUT2D eigenvalue weighted by atomic mass is 35.5. The Morgan fingerprint density at radius 3 is 1.29 bits per heavy atom. The molecule has 0 saturated heterocycles. The van der Waals surface area contributed by atoms with Crippen LogP contribution in [0.4, 0.5) is 24.5 Å². The van der Waals surface area contributed by atoms with Crippen LogP contribution >= 0.6 is 11.6 Å². The van der Waals surface area contributed by atoms with Gasteiger partial charge in [-0.05, 0) is 118 Å². The van der Waals surface area contributed by atoms with Gasteiger partial charge in [-0.3, -0.25) is 9.59 Å². The molecule has 4 aromatic carbocycles. The number of rotatable bonds is 8. The quantitative estimate of drug-likeness (QED) is 0.175. The molecular formula is C45H48ClF3N2O4. The standard InChI is InChI=1S/C23H24F3NO2.C22H24ClNO2/c1-12(2)17-8-14(9-18(13(3)4)21(17)29-5)10-19-16-7-6-15(23(24,25)26)11-20(16)27-22(19)28;1-12(2)17-8-14(9-18(13(3)4)21(17)26-5)10-19-16-7-6-15(23)11-20(16)24-22(19)25/h6-13H,1-5H3,(H,27,28);6-13H,1-5H3,(H,24,25)/b2*19-10-. The Hall–Kier alpha value is -5.02. The third-order valence-electron chi connectivity index (χ3n) is 9.75. The van der Waals surface area contributed by atoms with Crippen molar-refractivity contribution < 1.29 is 32.2 Å². The predicted octanol–water partition coefficient (Wildman–Crippen LogP) is 12.5. The highest BCUT2D eigenvalue weighted by Gasteiger charge is 2.34. The van der Waals surface area contributed by atoms with E-state index in [-0.39, 0.29) is 23.4 Å². The summed E-state index contributed by atoms with van der Waals surface area (Å²) in [5.41, 5.74) is 8.69. The number of nitrogens with one attached hydrogen (secondary N) is 2. The molecule has 0 atom stereocenters. The van der Waals surface area contributed by atoms with Gasteiger partial charge in [-0.15, -0.1) is 0 Å². The minimum absolute atomic E-state index is 0.102. The van der Waals surface area contributed by atoms with E-state index in [1.54, 1.807) is 26.4 Å². The van der Waals surface area contributed by atoms with Gasteiger partial charge in [0.1, 0.15) is 11.5 Å². The zero-order valence-corrected chi connectivity index (χ0v) is 33.6. The number of benzene rings is 4. The van der Waals surface area contributed by atoms with Crippen molar-refractivity contribution in [3.63, 3.8) is 0 Å². The third-order valence-corrected chi connectivity index (χ3v) is 9.99. The van der Waals surface area contributed by atoms with Crippen LogP contribution in [0.2, 0.25) is 5.02 Å². The van der Waals surface area contributed by atoms with Crippen molar-refractivity contribution in [3.8, 4) is 11.5 Å². The molecule has 10 heteroatoms. The van der Waals surface area contributed by atoms with Crippen LogP contribution in [0, 0.1) is 0 Å². The maximum atomic E-state index is 13.0. The lowest BCUT2D eigenvalue weighted by atomic mass is 9.90. The van der Waals surface area contributed by atoms with E-state index in [2.05, 4.69) is 78.2 Å². The smallest absolute Gasteiger partial charge is 0.416 e. The molecular weight excluding hydrogens is 725 g/mol. The first-order chi connectivity index (χ1) is 25.8. The van der Waals surface area contributed by atoms with Gasteiger partial charge in [0.15, 0.2) is 0 Å². The number of anilines is 2. The summed E-state index contributed by atoms with van der Waals surface area (Å²) in [7, 11) is 3.36. The SMILES string of the molecule is COc1c(C(C)C)cc(/C=C2\C(=O)Nc3cc(C(F)(F)F)ccc32)cc1C(C)C.COc1c(C(C)C)cc(/C=C2\C(=O)Nc3cc(Cl)ccc32)cc1C(C)C. The van der Waals surface area contributed by atoms with Crippen LogP contribution in [0.5, 0.6) is 11.5 Å². The zero-order chi connectivity index (χ0) is 40.5. The van der Waals surface area contributed by atoms with Crippen LogP contribution < -0.4 is 20.1 Å². The number of methoxy groups -OCH3 is 2. The molecule has 0 bridgehead atoms. The first kappa shape index (κ1) is 41.1. The highest BCUT2D eigenvalue weighted by Crippen LogP contribution is 2.42. The number of carbonyl (C=O) groups excluding carboxylic acids is 2. The maximum absolute atomic E-state index is 13.0. The number of ether oxygens (including phenoxy) is 2. The van der Waals surface area contributed by atoms with Crippen molar-refractivity contribution in [2.75, 3.05) is 24.9 Å². The summed E-state index contributed by atoms with van der Waals surface area (Å²) in [5.74, 6) is 2.33. The number of carbonyl (C=O) groups is 2. The fourth-order valence-corrected chi connectivity index (χ4v) is 7.08. The molecule has 2 aliphatic rings. The van der Waals surface area contributed by atoms with E-state index in [0.717, 1.165) is 68.3 Å². The lowest BCUT2D eigenvalue weighted by molar-refractivity contribution is -0.137. The van der Waals surface area contributed by atoms with Crippen molar-refractivity contribution in [3.05, 3.63) is 116 Å². The molecule has 2 N–H and O–H groups in total. The van der Waals surface area contributed by atoms with Gasteiger partial charge in [0, 0.05) is 33.0 Å². The van der Waals surface area contributed by atoms with E-state index in [9.17, 15) is 22.8 Å². The molecule has 2 amide bonds. The Balaban J connectivity index is 0.000000212. The van der Waals surface area contributed by atoms with E-state index in [1.165, 1.54) is 6.07 Å². The predicted molar refractivity (Wildman–Crippen MR) is 218 cm³/mol. The van der Waals surface area contributed by atoms with Crippen LogP contribution in [0.15, 0.2) is 60.7 Å². The Morgan fingerprint density at radius 2 is 0.945 bits per heavy atom. The minimum atomic E-state index is -4.46. The topological polar surface area (TPSA) is 76.7 Å². The highest BCUT2D eigenvalue weighted by molar-refractivity contribution is 6.37. The van der Waals surface area contributed by atoms with Gasteiger partial charge in [-0.2, -0.15) is 13.2 Å². The normalized spacial score (nSPS) is 15.1. The molecule has 4 aromatic rings. The molecule has 0 aromatic heterocycles. The number of hydrogen-bond donors (Lipinski definition) is 2. The van der Waals surface area contributed by atoms with Crippen molar-refractivity contribution in [2.24, 2.45) is 0 Å². The van der Waals surface area contributed by atoms with Crippen LogP contribution in [0.25, 0.3) is 23.3 Å². The Kier molecular flexibility index (Phi) is 12.3. The maximum Gasteiger partial charge on any atom is 0.416 e. The van der Waals surface area contributed by atoms with E-state index in [4.69, 9.17) is 21.1 Å². The Bertz CT molecular complexity index is 2140. The van der Waals surface area contributed by atoms with E-state index >= 15 is 0 Å². The van der Waals surface area contributed by atoms with Crippen LogP contribution in [0.3, 0.4) is 0 Å². The van der Waals surface area contributed by atoms with E-state index in [1.807, 2.05) is 30.3 Å². The van der Waals surface area contributed by atoms with Gasteiger partial charge in [0.25, 0.3) is 11.8 Å². The van der Waals surface area contributed by atoms with Gasteiger partial charge in [-0.25, -0.2) is 0 Å². The van der Waals surface area contributed by atoms with Crippen molar-refractivity contribution >= 4 is 58.1 Å². The molecule has 0 aliphatic carbocycles. The molecule has 0 spiro atoms. The summed E-state index contributed by atoms with van der Waals surface area (Å²) in [6.45, 7) is 16.9. The average Bonchev–Trinajstić information content (AvgIpc) is 3.59. The summed E-state index contributed by atoms with van der Waals surface area (Å²) in [5, 5.41) is 6.05. The monoisotopic (exact) mass is 772 g/mol. The molecule has 2 heterocycles. The lowest BCUT2D eigenvalue weighted by Crippen LogP contribution is -2.06. The van der Waals surface area contributed by atoms with Gasteiger partial charge in [-0.1, -0.05) is 79.1 Å². The fraction of sp³-hybridized carbons (Fsp3) is 0.333. The number of hydrogen-bond acceptors (Lipinski definition) is 4. The minimum Gasteiger partial charge on any atom is -0.496 e. The number of alkyl halides is 3. The van der Waals surface area contributed by atoms with Gasteiger partial charge < -0.3 is 20.1 Å². The second-order valence-corrected chi connectivity index (χ2v) is 15.5. The first-order valence-corrected chi connectivity index (χ1v) is 18.7. The molecule has 290 valence electrons. The summed E-state index contributed by atoms with van der Waals surface area (Å²) in [6.07, 6.45) is -0.779. The molecule has 0 fully saturated rings. The molecule has 6 rings (SSSR count). The van der Waals surface area contributed by atoms with Crippen LogP contribution in [0.1, 0.15) is 129 Å². The van der Waals surface area contributed by atoms with Gasteiger partial charge in [0.2, 0.25) is 0 Å². The van der Waals surface area contributed by atoms with Gasteiger partial charge >= 0.3 is 6.18 Å². The van der Waals surface area contributed by atoms with Crippen molar-refractivity contribution in [2.45, 2.75) is 85.2 Å².